The number of sulfonamides is 1. The van der Waals surface area contributed by atoms with Gasteiger partial charge in [0.05, 0.1) is 16.0 Å². The van der Waals surface area contributed by atoms with Gasteiger partial charge in [-0.05, 0) is 31.0 Å². The minimum absolute atomic E-state index is 0.0784. The number of anilines is 1. The second-order valence-corrected chi connectivity index (χ2v) is 8.94. The second kappa shape index (κ2) is 9.18. The van der Waals surface area contributed by atoms with E-state index in [-0.39, 0.29) is 16.3 Å². The highest BCUT2D eigenvalue weighted by Gasteiger charge is 2.25. The number of carbonyl (C=O) groups is 1. The molecule has 11 heteroatoms. The monoisotopic (exact) mass is 434 g/mol. The van der Waals surface area contributed by atoms with Crippen LogP contribution in [-0.2, 0) is 21.4 Å². The molecule has 0 bridgehead atoms. The van der Waals surface area contributed by atoms with Crippen LogP contribution in [0.25, 0.3) is 0 Å². The third kappa shape index (κ3) is 5.10. The number of hydrogen-bond donors (Lipinski definition) is 1. The zero-order chi connectivity index (χ0) is 21.7. The van der Waals surface area contributed by atoms with E-state index in [1.807, 2.05) is 0 Å². The summed E-state index contributed by atoms with van der Waals surface area (Å²) in [6.07, 6.45) is 4.61. The number of aromatic nitrogens is 1. The third-order valence-corrected chi connectivity index (χ3v) is 6.71. The lowest BCUT2D eigenvalue weighted by Crippen LogP contribution is -2.32. The van der Waals surface area contributed by atoms with E-state index in [0.717, 1.165) is 48.6 Å². The van der Waals surface area contributed by atoms with E-state index in [4.69, 9.17) is 0 Å². The van der Waals surface area contributed by atoms with Crippen molar-refractivity contribution in [3.05, 3.63) is 63.1 Å². The first kappa shape index (κ1) is 21.7. The van der Waals surface area contributed by atoms with Gasteiger partial charge in [-0.25, -0.2) is 8.42 Å². The molecular weight excluding hydrogens is 412 g/mol. The van der Waals surface area contributed by atoms with Crippen molar-refractivity contribution in [2.45, 2.75) is 37.1 Å². The van der Waals surface area contributed by atoms with Crippen LogP contribution >= 0.6 is 0 Å². The lowest BCUT2D eigenvalue weighted by Gasteiger charge is -2.20. The predicted octanol–water partition coefficient (Wildman–Crippen LogP) is 1.96. The molecule has 1 aromatic heterocycles. The summed E-state index contributed by atoms with van der Waals surface area (Å²) < 4.78 is 28.2. The number of rotatable bonds is 6. The zero-order valence-electron chi connectivity index (χ0n) is 16.2. The second-order valence-electron chi connectivity index (χ2n) is 7.00. The summed E-state index contributed by atoms with van der Waals surface area (Å²) in [7, 11) is -3.67. The first-order valence-electron chi connectivity index (χ1n) is 9.52. The molecule has 2 aromatic rings. The molecule has 1 aliphatic heterocycles. The molecule has 1 fully saturated rings. The van der Waals surface area contributed by atoms with Gasteiger partial charge in [-0.2, -0.15) is 4.31 Å². The Bertz CT molecular complexity index is 1100. The summed E-state index contributed by atoms with van der Waals surface area (Å²) >= 11 is 0. The number of nitrogens with zero attached hydrogens (tertiary/aromatic N) is 3. The standard InChI is InChI=1S/C19H22N4O6S/c24-18(14-21-13-16(23(26)27)8-9-19(21)25)20-15-6-5-7-17(12-15)30(28,29)22-10-3-1-2-4-11-22/h5-9,12-13H,1-4,10-11,14H2,(H,20,24). The Morgan fingerprint density at radius 3 is 2.47 bits per heavy atom. The van der Waals surface area contributed by atoms with E-state index >= 15 is 0 Å². The van der Waals surface area contributed by atoms with Gasteiger partial charge in [-0.3, -0.25) is 24.3 Å². The highest BCUT2D eigenvalue weighted by molar-refractivity contribution is 7.89. The summed E-state index contributed by atoms with van der Waals surface area (Å²) in [5.41, 5.74) is -0.615. The maximum atomic E-state index is 12.9. The van der Waals surface area contributed by atoms with Crippen LogP contribution in [0.4, 0.5) is 11.4 Å². The van der Waals surface area contributed by atoms with Gasteiger partial charge in [-0.15, -0.1) is 0 Å². The summed E-state index contributed by atoms with van der Waals surface area (Å²) in [6, 6.07) is 7.98. The van der Waals surface area contributed by atoms with E-state index < -0.39 is 33.0 Å². The Labute approximate surface area is 173 Å². The Balaban J connectivity index is 1.75. The fourth-order valence-electron chi connectivity index (χ4n) is 3.27. The van der Waals surface area contributed by atoms with E-state index in [1.54, 1.807) is 0 Å². The molecule has 30 heavy (non-hydrogen) atoms. The summed E-state index contributed by atoms with van der Waals surface area (Å²) in [6.45, 7) is 0.493. The zero-order valence-corrected chi connectivity index (χ0v) is 17.0. The largest absolute Gasteiger partial charge is 0.324 e. The highest BCUT2D eigenvalue weighted by atomic mass is 32.2. The number of amides is 1. The van der Waals surface area contributed by atoms with Gasteiger partial charge in [0.2, 0.25) is 15.9 Å². The number of nitro groups is 1. The Hall–Kier alpha value is -3.05. The van der Waals surface area contributed by atoms with Gasteiger partial charge >= 0.3 is 0 Å². The van der Waals surface area contributed by atoms with Gasteiger partial charge < -0.3 is 5.32 Å². The molecule has 1 saturated heterocycles. The molecule has 10 nitrogen and oxygen atoms in total. The van der Waals surface area contributed by atoms with E-state index in [1.165, 1.54) is 28.6 Å². The predicted molar refractivity (Wildman–Crippen MR) is 110 cm³/mol. The van der Waals surface area contributed by atoms with Crippen LogP contribution in [0.1, 0.15) is 25.7 Å². The summed E-state index contributed by atoms with van der Waals surface area (Å²) in [4.78, 5) is 34.4. The van der Waals surface area contributed by atoms with Crippen molar-refractivity contribution in [3.63, 3.8) is 0 Å². The maximum absolute atomic E-state index is 12.9. The minimum Gasteiger partial charge on any atom is -0.324 e. The Morgan fingerprint density at radius 1 is 1.10 bits per heavy atom. The molecule has 1 aliphatic rings. The molecule has 1 N–H and O–H groups in total. The number of nitrogens with one attached hydrogen (secondary N) is 1. The average Bonchev–Trinajstić information content (AvgIpc) is 3.00. The SMILES string of the molecule is O=C(Cn1cc([N+](=O)[O-])ccc1=O)Nc1cccc(S(=O)(=O)N2CCCCCC2)c1. The molecule has 1 aromatic carbocycles. The molecule has 0 unspecified atom stereocenters. The van der Waals surface area contributed by atoms with Crippen LogP contribution in [0.5, 0.6) is 0 Å². The molecule has 0 saturated carbocycles. The minimum atomic E-state index is -3.67. The Kier molecular flexibility index (Phi) is 6.63. The first-order valence-corrected chi connectivity index (χ1v) is 11.0. The fourth-order valence-corrected chi connectivity index (χ4v) is 4.83. The van der Waals surface area contributed by atoms with Crippen LogP contribution in [0.3, 0.4) is 0 Å². The van der Waals surface area contributed by atoms with Crippen LogP contribution in [0, 0.1) is 10.1 Å². The normalized spacial score (nSPS) is 15.3. The first-order chi connectivity index (χ1) is 14.3. The topological polar surface area (TPSA) is 132 Å². The van der Waals surface area contributed by atoms with E-state index in [9.17, 15) is 28.1 Å². The van der Waals surface area contributed by atoms with Crippen molar-refractivity contribution in [1.29, 1.82) is 0 Å². The van der Waals surface area contributed by atoms with Crippen LogP contribution in [-0.4, -0.2) is 41.2 Å². The van der Waals surface area contributed by atoms with Crippen molar-refractivity contribution in [2.24, 2.45) is 0 Å². The third-order valence-electron chi connectivity index (χ3n) is 4.81. The van der Waals surface area contributed by atoms with Crippen molar-refractivity contribution >= 4 is 27.3 Å². The van der Waals surface area contributed by atoms with Crippen molar-refractivity contribution < 1.29 is 18.1 Å². The van der Waals surface area contributed by atoms with Gasteiger partial charge in [0.1, 0.15) is 6.54 Å². The number of hydrogen-bond acceptors (Lipinski definition) is 6. The molecule has 1 amide bonds. The smallest absolute Gasteiger partial charge is 0.285 e. The molecule has 0 radical (unpaired) electrons. The number of carbonyl (C=O) groups excluding carboxylic acids is 1. The van der Waals surface area contributed by atoms with Crippen molar-refractivity contribution in [1.82, 2.24) is 8.87 Å². The van der Waals surface area contributed by atoms with Gasteiger partial charge in [-0.1, -0.05) is 18.9 Å². The lowest BCUT2D eigenvalue weighted by molar-refractivity contribution is -0.385. The number of benzene rings is 1. The van der Waals surface area contributed by atoms with Gasteiger partial charge in [0.25, 0.3) is 11.2 Å². The Morgan fingerprint density at radius 2 is 1.80 bits per heavy atom. The summed E-state index contributed by atoms with van der Waals surface area (Å²) in [5.74, 6) is -0.609. The van der Waals surface area contributed by atoms with Crippen LogP contribution in [0.2, 0.25) is 0 Å². The average molecular weight is 434 g/mol. The van der Waals surface area contributed by atoms with Gasteiger partial charge in [0.15, 0.2) is 0 Å². The quantitative estimate of drug-likeness (QED) is 0.546. The molecule has 3 rings (SSSR count). The van der Waals surface area contributed by atoms with E-state index in [2.05, 4.69) is 5.32 Å². The highest BCUT2D eigenvalue weighted by Crippen LogP contribution is 2.22. The van der Waals surface area contributed by atoms with Crippen molar-refractivity contribution in [3.8, 4) is 0 Å². The summed E-state index contributed by atoms with van der Waals surface area (Å²) in [5, 5.41) is 13.4. The van der Waals surface area contributed by atoms with E-state index in [0.29, 0.717) is 13.1 Å². The molecular formula is C19H22N4O6S. The molecule has 0 atom stereocenters. The number of pyridine rings is 1. The molecule has 0 spiro atoms. The van der Waals surface area contributed by atoms with Crippen molar-refractivity contribution in [2.75, 3.05) is 18.4 Å². The maximum Gasteiger partial charge on any atom is 0.285 e. The molecule has 160 valence electrons. The van der Waals surface area contributed by atoms with Gasteiger partial charge in [0, 0.05) is 30.9 Å². The fraction of sp³-hybridized carbons (Fsp3) is 0.368. The lowest BCUT2D eigenvalue weighted by atomic mass is 10.2. The van der Waals surface area contributed by atoms with Crippen LogP contribution in [0.15, 0.2) is 52.3 Å². The molecule has 0 aliphatic carbocycles. The molecule has 2 heterocycles. The van der Waals surface area contributed by atoms with Crippen LogP contribution < -0.4 is 10.9 Å².